The van der Waals surface area contributed by atoms with Crippen LogP contribution in [-0.2, 0) is 16.1 Å². The van der Waals surface area contributed by atoms with Crippen molar-refractivity contribution in [2.75, 3.05) is 31.2 Å². The first-order valence-electron chi connectivity index (χ1n) is 9.03. The van der Waals surface area contributed by atoms with Crippen molar-refractivity contribution < 1.29 is 9.53 Å². The van der Waals surface area contributed by atoms with Crippen LogP contribution < -0.4 is 10.2 Å². The molecule has 4 rings (SSSR count). The molecular formula is C20H22ClN3O2. The van der Waals surface area contributed by atoms with E-state index in [1.165, 1.54) is 0 Å². The van der Waals surface area contributed by atoms with E-state index in [2.05, 4.69) is 15.2 Å². The fourth-order valence-corrected chi connectivity index (χ4v) is 3.82. The number of amides is 1. The van der Waals surface area contributed by atoms with Crippen LogP contribution in [-0.4, -0.2) is 37.2 Å². The summed E-state index contributed by atoms with van der Waals surface area (Å²) in [5, 5.41) is 3.82. The van der Waals surface area contributed by atoms with Crippen LogP contribution in [0.2, 0.25) is 5.02 Å². The molecule has 0 bridgehead atoms. The van der Waals surface area contributed by atoms with Crippen LogP contribution in [0, 0.1) is 5.92 Å². The van der Waals surface area contributed by atoms with Crippen LogP contribution in [0.15, 0.2) is 42.6 Å². The largest absolute Gasteiger partial charge is 0.378 e. The van der Waals surface area contributed by atoms with Crippen molar-refractivity contribution in [3.05, 3.63) is 58.7 Å². The maximum atomic E-state index is 12.6. The van der Waals surface area contributed by atoms with E-state index in [9.17, 15) is 4.79 Å². The zero-order valence-electron chi connectivity index (χ0n) is 14.5. The number of benzene rings is 1. The molecule has 136 valence electrons. The predicted octanol–water partition coefficient (Wildman–Crippen LogP) is 2.99. The number of ether oxygens (including phenoxy) is 1. The quantitative estimate of drug-likeness (QED) is 0.877. The molecule has 1 amide bonds. The Bertz CT molecular complexity index is 792. The first-order chi connectivity index (χ1) is 12.7. The molecule has 1 saturated heterocycles. The van der Waals surface area contributed by atoms with Crippen LogP contribution in [0.5, 0.6) is 0 Å². The normalized spacial score (nSPS) is 22.1. The average Bonchev–Trinajstić information content (AvgIpc) is 3.48. The molecule has 0 radical (unpaired) electrons. The monoisotopic (exact) mass is 371 g/mol. The minimum Gasteiger partial charge on any atom is -0.378 e. The number of hydrogen-bond donors (Lipinski definition) is 1. The second kappa shape index (κ2) is 7.64. The van der Waals surface area contributed by atoms with Gasteiger partial charge in [0.25, 0.3) is 0 Å². The van der Waals surface area contributed by atoms with E-state index in [-0.39, 0.29) is 17.7 Å². The summed E-state index contributed by atoms with van der Waals surface area (Å²) < 4.78 is 5.41. The summed E-state index contributed by atoms with van der Waals surface area (Å²) in [6, 6.07) is 11.7. The highest BCUT2D eigenvalue weighted by Crippen LogP contribution is 2.49. The smallest absolute Gasteiger partial charge is 0.224 e. The second-order valence-corrected chi connectivity index (χ2v) is 7.18. The number of hydrogen-bond acceptors (Lipinski definition) is 4. The van der Waals surface area contributed by atoms with Gasteiger partial charge >= 0.3 is 0 Å². The molecule has 5 nitrogen and oxygen atoms in total. The van der Waals surface area contributed by atoms with Gasteiger partial charge in [-0.2, -0.15) is 0 Å². The van der Waals surface area contributed by atoms with Crippen molar-refractivity contribution >= 4 is 23.3 Å². The van der Waals surface area contributed by atoms with Gasteiger partial charge in [-0.25, -0.2) is 4.98 Å². The summed E-state index contributed by atoms with van der Waals surface area (Å²) in [7, 11) is 0. The van der Waals surface area contributed by atoms with Crippen molar-refractivity contribution in [1.82, 2.24) is 10.3 Å². The Labute approximate surface area is 158 Å². The molecule has 1 saturated carbocycles. The summed E-state index contributed by atoms with van der Waals surface area (Å²) in [5.74, 6) is 1.27. The Morgan fingerprint density at radius 1 is 1.23 bits per heavy atom. The van der Waals surface area contributed by atoms with Gasteiger partial charge in [-0.15, -0.1) is 0 Å². The van der Waals surface area contributed by atoms with E-state index >= 15 is 0 Å². The fourth-order valence-electron chi connectivity index (χ4n) is 3.55. The van der Waals surface area contributed by atoms with Crippen LogP contribution in [0.1, 0.15) is 23.5 Å². The second-order valence-electron chi connectivity index (χ2n) is 6.77. The number of rotatable bonds is 5. The summed E-state index contributed by atoms with van der Waals surface area (Å²) in [5.41, 5.74) is 2.11. The molecule has 2 unspecified atom stereocenters. The van der Waals surface area contributed by atoms with E-state index in [1.54, 1.807) is 6.20 Å². The number of nitrogens with one attached hydrogen (secondary N) is 1. The van der Waals surface area contributed by atoms with Gasteiger partial charge < -0.3 is 15.0 Å². The van der Waals surface area contributed by atoms with Crippen molar-refractivity contribution in [3.63, 3.8) is 0 Å². The first kappa shape index (κ1) is 17.3. The Hall–Kier alpha value is -2.11. The maximum absolute atomic E-state index is 12.6. The van der Waals surface area contributed by atoms with Crippen molar-refractivity contribution in [1.29, 1.82) is 0 Å². The predicted molar refractivity (Wildman–Crippen MR) is 101 cm³/mol. The highest BCUT2D eigenvalue weighted by Gasteiger charge is 2.44. The number of morpholine rings is 1. The van der Waals surface area contributed by atoms with Crippen LogP contribution in [0.4, 0.5) is 5.82 Å². The third-order valence-corrected chi connectivity index (χ3v) is 5.41. The standard InChI is InChI=1S/C20H22ClN3O2/c21-18-6-2-1-5-15(18)16-12-17(16)20(25)23-13-14-4-3-7-22-19(14)24-8-10-26-11-9-24/h1-7,16-17H,8-13H2,(H,23,25). The van der Waals surface area contributed by atoms with Crippen molar-refractivity contribution in [3.8, 4) is 0 Å². The Kier molecular flexibility index (Phi) is 5.09. The van der Waals surface area contributed by atoms with Gasteiger partial charge in [0, 0.05) is 42.3 Å². The highest BCUT2D eigenvalue weighted by atomic mass is 35.5. The van der Waals surface area contributed by atoms with E-state index in [4.69, 9.17) is 16.3 Å². The molecule has 1 N–H and O–H groups in total. The van der Waals surface area contributed by atoms with Gasteiger partial charge in [-0.1, -0.05) is 35.9 Å². The molecule has 1 aliphatic heterocycles. The SMILES string of the molecule is O=C(NCc1cccnc1N1CCOCC1)C1CC1c1ccccc1Cl. The third-order valence-electron chi connectivity index (χ3n) is 5.06. The van der Waals surface area contributed by atoms with Gasteiger partial charge in [-0.3, -0.25) is 4.79 Å². The number of aromatic nitrogens is 1. The Balaban J connectivity index is 1.38. The Morgan fingerprint density at radius 2 is 2.04 bits per heavy atom. The summed E-state index contributed by atoms with van der Waals surface area (Å²) in [6.07, 6.45) is 2.66. The summed E-state index contributed by atoms with van der Waals surface area (Å²) in [6.45, 7) is 3.57. The van der Waals surface area contributed by atoms with Crippen molar-refractivity contribution in [2.45, 2.75) is 18.9 Å². The molecule has 1 aromatic heterocycles. The van der Waals surface area contributed by atoms with Gasteiger partial charge in [-0.05, 0) is 30.0 Å². The number of pyridine rings is 1. The van der Waals surface area contributed by atoms with Gasteiger partial charge in [0.05, 0.1) is 13.2 Å². The lowest BCUT2D eigenvalue weighted by Crippen LogP contribution is -2.38. The van der Waals surface area contributed by atoms with Gasteiger partial charge in [0.15, 0.2) is 0 Å². The molecule has 2 fully saturated rings. The lowest BCUT2D eigenvalue weighted by molar-refractivity contribution is -0.122. The van der Waals surface area contributed by atoms with Crippen LogP contribution >= 0.6 is 11.6 Å². The van der Waals surface area contributed by atoms with E-state index in [0.717, 1.165) is 41.5 Å². The van der Waals surface area contributed by atoms with Crippen LogP contribution in [0.3, 0.4) is 0 Å². The lowest BCUT2D eigenvalue weighted by Gasteiger charge is -2.29. The Morgan fingerprint density at radius 3 is 2.85 bits per heavy atom. The third kappa shape index (κ3) is 3.69. The molecule has 6 heteroatoms. The lowest BCUT2D eigenvalue weighted by atomic mass is 10.1. The number of nitrogens with zero attached hydrogens (tertiary/aromatic N) is 2. The van der Waals surface area contributed by atoms with Crippen LogP contribution in [0.25, 0.3) is 0 Å². The topological polar surface area (TPSA) is 54.5 Å². The van der Waals surface area contributed by atoms with E-state index in [0.29, 0.717) is 19.8 Å². The van der Waals surface area contributed by atoms with Gasteiger partial charge in [0.1, 0.15) is 5.82 Å². The maximum Gasteiger partial charge on any atom is 0.224 e. The van der Waals surface area contributed by atoms with Gasteiger partial charge in [0.2, 0.25) is 5.91 Å². The molecule has 2 aliphatic rings. The zero-order valence-corrected chi connectivity index (χ0v) is 15.3. The number of carbonyl (C=O) groups is 1. The number of carbonyl (C=O) groups excluding carboxylic acids is 1. The summed E-state index contributed by atoms with van der Waals surface area (Å²) >= 11 is 6.25. The molecule has 2 aromatic rings. The minimum absolute atomic E-state index is 0.0124. The van der Waals surface area contributed by atoms with E-state index in [1.807, 2.05) is 36.4 Å². The molecule has 0 spiro atoms. The molecule has 1 aliphatic carbocycles. The molecule has 2 atom stereocenters. The fraction of sp³-hybridized carbons (Fsp3) is 0.400. The highest BCUT2D eigenvalue weighted by molar-refractivity contribution is 6.31. The molecular weight excluding hydrogens is 350 g/mol. The van der Waals surface area contributed by atoms with E-state index < -0.39 is 0 Å². The number of anilines is 1. The van der Waals surface area contributed by atoms with Crippen molar-refractivity contribution in [2.24, 2.45) is 5.92 Å². The minimum atomic E-state index is 0.0124. The molecule has 26 heavy (non-hydrogen) atoms. The first-order valence-corrected chi connectivity index (χ1v) is 9.40. The zero-order chi connectivity index (χ0) is 17.9. The number of halogens is 1. The molecule has 2 heterocycles. The summed E-state index contributed by atoms with van der Waals surface area (Å²) in [4.78, 5) is 19.3. The molecule has 1 aromatic carbocycles. The average molecular weight is 372 g/mol.